The van der Waals surface area contributed by atoms with E-state index in [2.05, 4.69) is 0 Å². The predicted molar refractivity (Wildman–Crippen MR) is 0 cm³/mol. The Kier molecular flexibility index (Phi) is 272. The minimum absolute atomic E-state index is 0. The van der Waals surface area contributed by atoms with Crippen LogP contribution in [0.5, 0.6) is 0 Å². The second-order valence-electron chi connectivity index (χ2n) is 0. The molecule has 0 nitrogen and oxygen atoms in total. The number of rotatable bonds is 0. The van der Waals surface area contributed by atoms with Crippen LogP contribution in [0.4, 0.5) is 0 Å². The molecule has 0 bridgehead atoms. The molecular weight excluding hydrogens is 727 g/mol. The molecule has 0 rings (SSSR count). The summed E-state index contributed by atoms with van der Waals surface area (Å²) in [5, 5.41) is 0. The van der Waals surface area contributed by atoms with Crippen LogP contribution in [0.2, 0.25) is 0 Å². The average molecular weight is 727 g/mol. The Labute approximate surface area is 139 Å². The van der Waals surface area contributed by atoms with Crippen LogP contribution < -0.4 is 120 Å². The third-order valence-electron chi connectivity index (χ3n) is 0. The molecule has 0 saturated carbocycles. The van der Waals surface area contributed by atoms with E-state index < -0.39 is 0 Å². The van der Waals surface area contributed by atoms with Gasteiger partial charge in [-0.25, -0.2) is 0 Å². The quantitative estimate of drug-likeness (QED) is 0.172. The fraction of sp³-hybridized carbons (Fsp3) is 0. The van der Waals surface area contributed by atoms with Crippen LogP contribution >= 0.6 is 0 Å². The van der Waals surface area contributed by atoms with Gasteiger partial charge in [0.05, 0.1) is 0 Å². The molecule has 43 valence electrons. The summed E-state index contributed by atoms with van der Waals surface area (Å²) in [6, 6.07) is 0. The molecule has 0 fully saturated rings. The van der Waals surface area contributed by atoms with Gasteiger partial charge in [0.25, 0.3) is 0 Å². The second kappa shape index (κ2) is 34.3. The van der Waals surface area contributed by atoms with Crippen LogP contribution in [0.15, 0.2) is 0 Å². The van der Waals surface area contributed by atoms with Crippen molar-refractivity contribution in [1.29, 1.82) is 0 Å². The molecule has 0 heterocycles. The molecule has 0 aromatic heterocycles. The van der Waals surface area contributed by atoms with E-state index in [9.17, 15) is 0 Å². The number of hydrogen-bond acceptors (Lipinski definition) is 0. The minimum Gasteiger partial charge on any atom is -1.00 e. The Bertz CT molecular complexity index is 3.90. The summed E-state index contributed by atoms with van der Waals surface area (Å²) < 4.78 is 0. The first kappa shape index (κ1) is 47.5. The van der Waals surface area contributed by atoms with Crippen LogP contribution in [0, 0.1) is 0 Å². The monoisotopic (exact) mass is 727 g/mol. The zero-order chi connectivity index (χ0) is 0. The molecule has 0 atom stereocenters. The summed E-state index contributed by atoms with van der Waals surface area (Å²) in [5.74, 6) is 0. The Morgan fingerprint density at radius 3 is 0.333 bits per heavy atom. The van der Waals surface area contributed by atoms with Crippen LogP contribution in [-0.4, -0.2) is 0 Å². The SMILES string of the molecule is [I-].[I-].[I-].[I-].[I-].[Nb+2]. The summed E-state index contributed by atoms with van der Waals surface area (Å²) >= 11 is 0. The van der Waals surface area contributed by atoms with Crippen molar-refractivity contribution in [2.75, 3.05) is 0 Å². The zero-order valence-corrected chi connectivity index (χ0v) is 15.3. The van der Waals surface area contributed by atoms with Crippen molar-refractivity contribution in [2.45, 2.75) is 0 Å². The third kappa shape index (κ3) is 23.8. The van der Waals surface area contributed by atoms with Gasteiger partial charge in [-0.3, -0.25) is 0 Å². The summed E-state index contributed by atoms with van der Waals surface area (Å²) in [7, 11) is 0. The van der Waals surface area contributed by atoms with Gasteiger partial charge in [0.1, 0.15) is 0 Å². The molecule has 0 saturated heterocycles. The van der Waals surface area contributed by atoms with E-state index in [1.165, 1.54) is 0 Å². The maximum atomic E-state index is 0. The molecule has 1 radical (unpaired) electrons. The van der Waals surface area contributed by atoms with Crippen LogP contribution in [0.3, 0.4) is 0 Å². The van der Waals surface area contributed by atoms with Gasteiger partial charge in [-0.2, -0.15) is 0 Å². The molecule has 0 spiro atoms. The fourth-order valence-corrected chi connectivity index (χ4v) is 0. The summed E-state index contributed by atoms with van der Waals surface area (Å²) in [6.07, 6.45) is 0. The molecule has 0 amide bonds. The Morgan fingerprint density at radius 2 is 0.333 bits per heavy atom. The molecule has 0 aliphatic heterocycles. The first-order chi connectivity index (χ1) is 0. The van der Waals surface area contributed by atoms with Crippen molar-refractivity contribution in [1.82, 2.24) is 0 Å². The van der Waals surface area contributed by atoms with Crippen LogP contribution in [0.25, 0.3) is 0 Å². The molecule has 6 heavy (non-hydrogen) atoms. The zero-order valence-electron chi connectivity index (χ0n) is 2.34. The van der Waals surface area contributed by atoms with Gasteiger partial charge in [0, 0.05) is 0 Å². The van der Waals surface area contributed by atoms with E-state index in [-0.39, 0.29) is 142 Å². The summed E-state index contributed by atoms with van der Waals surface area (Å²) in [5.41, 5.74) is 0. The van der Waals surface area contributed by atoms with Crippen molar-refractivity contribution in [3.63, 3.8) is 0 Å². The fourth-order valence-electron chi connectivity index (χ4n) is 0. The van der Waals surface area contributed by atoms with Crippen LogP contribution in [-0.2, 0) is 22.4 Å². The predicted octanol–water partition coefficient (Wildman–Crippen LogP) is -15.0. The number of halogens is 5. The topological polar surface area (TPSA) is 0 Å². The average Bonchev–Trinajstić information content (AvgIpc) is 0. The van der Waals surface area contributed by atoms with Crippen molar-refractivity contribution < 1.29 is 142 Å². The molecule has 0 unspecified atom stereocenters. The van der Waals surface area contributed by atoms with Gasteiger partial charge in [-0.1, -0.05) is 0 Å². The largest absolute Gasteiger partial charge is 2.00 e. The van der Waals surface area contributed by atoms with Crippen LogP contribution in [0.1, 0.15) is 0 Å². The van der Waals surface area contributed by atoms with Gasteiger partial charge in [0.15, 0.2) is 0 Å². The first-order valence-corrected chi connectivity index (χ1v) is 0. The van der Waals surface area contributed by atoms with Gasteiger partial charge < -0.3 is 120 Å². The second-order valence-corrected chi connectivity index (χ2v) is 0. The van der Waals surface area contributed by atoms with Crippen molar-refractivity contribution in [3.8, 4) is 0 Å². The summed E-state index contributed by atoms with van der Waals surface area (Å²) in [6.45, 7) is 0. The molecular formula is I5Nb-3. The van der Waals surface area contributed by atoms with Gasteiger partial charge in [-0.05, 0) is 0 Å². The van der Waals surface area contributed by atoms with Gasteiger partial charge >= 0.3 is 22.4 Å². The Morgan fingerprint density at radius 1 is 0.333 bits per heavy atom. The molecule has 0 N–H and O–H groups in total. The molecule has 6 heteroatoms. The van der Waals surface area contributed by atoms with Gasteiger partial charge in [-0.15, -0.1) is 0 Å². The first-order valence-electron chi connectivity index (χ1n) is 0. The van der Waals surface area contributed by atoms with Crippen molar-refractivity contribution >= 4 is 0 Å². The van der Waals surface area contributed by atoms with E-state index in [1.54, 1.807) is 0 Å². The number of hydrogen-bond donors (Lipinski definition) is 0. The Balaban J connectivity index is 0. The maximum absolute atomic E-state index is 0. The van der Waals surface area contributed by atoms with Crippen molar-refractivity contribution in [2.24, 2.45) is 0 Å². The minimum atomic E-state index is 0. The molecule has 0 aromatic carbocycles. The van der Waals surface area contributed by atoms with E-state index >= 15 is 0 Å². The molecule has 0 aromatic rings. The summed E-state index contributed by atoms with van der Waals surface area (Å²) in [4.78, 5) is 0. The van der Waals surface area contributed by atoms with Crippen molar-refractivity contribution in [3.05, 3.63) is 0 Å². The van der Waals surface area contributed by atoms with E-state index in [0.29, 0.717) is 0 Å². The molecule has 0 aliphatic rings. The van der Waals surface area contributed by atoms with Gasteiger partial charge in [0.2, 0.25) is 0 Å². The standard InChI is InChI=1S/5HI.Nb/h5*1H;/q;;;;;+2/p-5. The third-order valence-corrected chi connectivity index (χ3v) is 0. The Hall–Kier alpha value is 4.39. The van der Waals surface area contributed by atoms with E-state index in [1.807, 2.05) is 0 Å². The maximum Gasteiger partial charge on any atom is 2.00 e. The van der Waals surface area contributed by atoms with E-state index in [0.717, 1.165) is 0 Å². The van der Waals surface area contributed by atoms with E-state index in [4.69, 9.17) is 0 Å². The molecule has 0 aliphatic carbocycles. The smallest absolute Gasteiger partial charge is 1.00 e. The normalized spacial score (nSPS) is 0.